The van der Waals surface area contributed by atoms with Crippen LogP contribution in [0.2, 0.25) is 0 Å². The molecule has 184 valence electrons. The molecule has 2 aromatic carbocycles. The molecular formula is C29H36N4O2. The minimum atomic E-state index is -0.575. The van der Waals surface area contributed by atoms with Gasteiger partial charge < -0.3 is 19.5 Å². The van der Waals surface area contributed by atoms with Gasteiger partial charge in [-0.15, -0.1) is 0 Å². The van der Waals surface area contributed by atoms with E-state index in [2.05, 4.69) is 70.5 Å². The lowest BCUT2D eigenvalue weighted by molar-refractivity contribution is 0.0722. The first-order chi connectivity index (χ1) is 17.1. The SMILES string of the molecule is Cn1ccc2c1C(O)CCN(CCCN1CCN(C(c3ccccc3)c3ccccc3)CC1)C2=O. The molecule has 1 fully saturated rings. The zero-order valence-corrected chi connectivity index (χ0v) is 20.6. The molecule has 0 saturated carbocycles. The highest BCUT2D eigenvalue weighted by Gasteiger charge is 2.30. The number of amides is 1. The molecule has 1 unspecified atom stereocenters. The number of hydrogen-bond acceptors (Lipinski definition) is 4. The molecule has 3 heterocycles. The second-order valence-corrected chi connectivity index (χ2v) is 9.78. The average Bonchev–Trinajstić information content (AvgIpc) is 3.24. The van der Waals surface area contributed by atoms with Gasteiger partial charge in [-0.05, 0) is 36.6 Å². The Hall–Kier alpha value is -2.93. The lowest BCUT2D eigenvalue weighted by Gasteiger charge is -2.40. The monoisotopic (exact) mass is 472 g/mol. The van der Waals surface area contributed by atoms with E-state index in [9.17, 15) is 9.90 Å². The van der Waals surface area contributed by atoms with Crippen molar-refractivity contribution in [3.63, 3.8) is 0 Å². The molecule has 1 saturated heterocycles. The van der Waals surface area contributed by atoms with Gasteiger partial charge in [0.05, 0.1) is 23.4 Å². The van der Waals surface area contributed by atoms with E-state index in [1.165, 1.54) is 11.1 Å². The summed E-state index contributed by atoms with van der Waals surface area (Å²) in [6, 6.07) is 23.7. The van der Waals surface area contributed by atoms with E-state index in [-0.39, 0.29) is 11.9 Å². The smallest absolute Gasteiger partial charge is 0.255 e. The third kappa shape index (κ3) is 5.20. The van der Waals surface area contributed by atoms with Crippen LogP contribution in [0, 0.1) is 0 Å². The largest absolute Gasteiger partial charge is 0.387 e. The van der Waals surface area contributed by atoms with Crippen molar-refractivity contribution < 1.29 is 9.90 Å². The summed E-state index contributed by atoms with van der Waals surface area (Å²) in [4.78, 5) is 20.1. The van der Waals surface area contributed by atoms with E-state index in [1.807, 2.05) is 28.8 Å². The van der Waals surface area contributed by atoms with Crippen molar-refractivity contribution in [2.24, 2.45) is 7.05 Å². The molecule has 0 radical (unpaired) electrons. The first-order valence-electron chi connectivity index (χ1n) is 12.8. The van der Waals surface area contributed by atoms with Gasteiger partial charge in [0.15, 0.2) is 0 Å². The molecule has 5 rings (SSSR count). The van der Waals surface area contributed by atoms with Gasteiger partial charge in [-0.25, -0.2) is 0 Å². The Morgan fingerprint density at radius 3 is 2.11 bits per heavy atom. The van der Waals surface area contributed by atoms with Crippen molar-refractivity contribution in [2.45, 2.75) is 25.0 Å². The fourth-order valence-corrected chi connectivity index (χ4v) is 5.65. The lowest BCUT2D eigenvalue weighted by Crippen LogP contribution is -2.48. The van der Waals surface area contributed by atoms with Crippen molar-refractivity contribution in [3.05, 3.63) is 95.3 Å². The third-order valence-electron chi connectivity index (χ3n) is 7.53. The van der Waals surface area contributed by atoms with Crippen molar-refractivity contribution in [1.29, 1.82) is 0 Å². The number of benzene rings is 2. The normalized spacial score (nSPS) is 19.7. The molecule has 2 aliphatic heterocycles. The number of rotatable bonds is 7. The van der Waals surface area contributed by atoms with E-state index in [4.69, 9.17) is 0 Å². The summed E-state index contributed by atoms with van der Waals surface area (Å²) in [5.74, 6) is 0.0514. The summed E-state index contributed by atoms with van der Waals surface area (Å²) in [6.07, 6.45) is 2.84. The van der Waals surface area contributed by atoms with Crippen molar-refractivity contribution in [1.82, 2.24) is 19.3 Å². The van der Waals surface area contributed by atoms with Crippen LogP contribution in [0.1, 0.15) is 52.2 Å². The lowest BCUT2D eigenvalue weighted by atomic mass is 9.96. The van der Waals surface area contributed by atoms with E-state index >= 15 is 0 Å². The molecule has 1 amide bonds. The van der Waals surface area contributed by atoms with E-state index < -0.39 is 6.10 Å². The Kier molecular flexibility index (Phi) is 7.32. The Bertz CT molecular complexity index is 1070. The molecular weight excluding hydrogens is 436 g/mol. The number of hydrogen-bond donors (Lipinski definition) is 1. The van der Waals surface area contributed by atoms with E-state index in [0.717, 1.165) is 51.4 Å². The molecule has 6 nitrogen and oxygen atoms in total. The third-order valence-corrected chi connectivity index (χ3v) is 7.53. The molecule has 35 heavy (non-hydrogen) atoms. The van der Waals surface area contributed by atoms with Gasteiger partial charge in [0.25, 0.3) is 5.91 Å². The second-order valence-electron chi connectivity index (χ2n) is 9.78. The molecule has 0 bridgehead atoms. The van der Waals surface area contributed by atoms with Crippen molar-refractivity contribution >= 4 is 5.91 Å². The first-order valence-corrected chi connectivity index (χ1v) is 12.8. The number of carbonyl (C=O) groups is 1. The van der Waals surface area contributed by atoms with Gasteiger partial charge in [-0.3, -0.25) is 9.69 Å². The Morgan fingerprint density at radius 2 is 1.49 bits per heavy atom. The van der Waals surface area contributed by atoms with Crippen LogP contribution in [-0.4, -0.2) is 76.1 Å². The standard InChI is InChI=1S/C29H36N4O2/c1-30-17-13-25-28(30)26(34)14-18-33(29(25)35)16-8-15-31-19-21-32(22-20-31)27(23-9-4-2-5-10-23)24-11-6-3-7-12-24/h2-7,9-13,17,26-27,34H,8,14-16,18-22H2,1H3. The minimum Gasteiger partial charge on any atom is -0.387 e. The minimum absolute atomic E-state index is 0.0514. The number of piperazine rings is 1. The van der Waals surface area contributed by atoms with Crippen molar-refractivity contribution in [3.8, 4) is 0 Å². The summed E-state index contributed by atoms with van der Waals surface area (Å²) in [6.45, 7) is 6.45. The van der Waals surface area contributed by atoms with Crippen LogP contribution in [0.5, 0.6) is 0 Å². The van der Waals surface area contributed by atoms with Gasteiger partial charge in [-0.2, -0.15) is 0 Å². The summed E-state index contributed by atoms with van der Waals surface area (Å²) in [5, 5.41) is 10.5. The number of aliphatic hydroxyl groups excluding tert-OH is 1. The summed E-state index contributed by atoms with van der Waals surface area (Å²) >= 11 is 0. The van der Waals surface area contributed by atoms with Crippen LogP contribution in [0.4, 0.5) is 0 Å². The Balaban J connectivity index is 1.16. The molecule has 3 aromatic rings. The van der Waals surface area contributed by atoms with Gasteiger partial charge in [-0.1, -0.05) is 60.7 Å². The fourth-order valence-electron chi connectivity index (χ4n) is 5.65. The van der Waals surface area contributed by atoms with Crippen LogP contribution in [0.25, 0.3) is 0 Å². The Morgan fingerprint density at radius 1 is 0.857 bits per heavy atom. The molecule has 0 aliphatic carbocycles. The molecule has 1 aromatic heterocycles. The number of nitrogens with zero attached hydrogens (tertiary/aromatic N) is 4. The topological polar surface area (TPSA) is 52.0 Å². The van der Waals surface area contributed by atoms with E-state index in [1.54, 1.807) is 0 Å². The first kappa shape index (κ1) is 23.8. The molecule has 6 heteroatoms. The average molecular weight is 473 g/mol. The number of aliphatic hydroxyl groups is 1. The zero-order valence-electron chi connectivity index (χ0n) is 20.6. The highest BCUT2D eigenvalue weighted by atomic mass is 16.3. The highest BCUT2D eigenvalue weighted by Crippen LogP contribution is 2.30. The van der Waals surface area contributed by atoms with Crippen LogP contribution in [-0.2, 0) is 7.05 Å². The summed E-state index contributed by atoms with van der Waals surface area (Å²) in [7, 11) is 1.89. The maximum Gasteiger partial charge on any atom is 0.255 e. The molecule has 0 spiro atoms. The van der Waals surface area contributed by atoms with Crippen LogP contribution < -0.4 is 0 Å². The maximum absolute atomic E-state index is 13.0. The highest BCUT2D eigenvalue weighted by molar-refractivity contribution is 5.96. The van der Waals surface area contributed by atoms with Crippen LogP contribution in [0.3, 0.4) is 0 Å². The van der Waals surface area contributed by atoms with Gasteiger partial charge >= 0.3 is 0 Å². The molecule has 1 atom stereocenters. The van der Waals surface area contributed by atoms with Crippen LogP contribution >= 0.6 is 0 Å². The summed E-state index contributed by atoms with van der Waals surface area (Å²) < 4.78 is 1.87. The number of aryl methyl sites for hydroxylation is 1. The van der Waals surface area contributed by atoms with E-state index in [0.29, 0.717) is 18.5 Å². The second kappa shape index (κ2) is 10.8. The van der Waals surface area contributed by atoms with Gasteiger partial charge in [0.2, 0.25) is 0 Å². The number of carbonyl (C=O) groups excluding carboxylic acids is 1. The predicted octanol–water partition coefficient (Wildman–Crippen LogP) is 3.70. The fraction of sp³-hybridized carbons (Fsp3) is 0.414. The van der Waals surface area contributed by atoms with Crippen molar-refractivity contribution in [2.75, 3.05) is 45.8 Å². The van der Waals surface area contributed by atoms with Gasteiger partial charge in [0.1, 0.15) is 0 Å². The Labute approximate surface area is 208 Å². The molecule has 1 N–H and O–H groups in total. The zero-order chi connectivity index (χ0) is 24.2. The van der Waals surface area contributed by atoms with Gasteiger partial charge in [0, 0.05) is 52.5 Å². The molecule has 2 aliphatic rings. The number of fused-ring (bicyclic) bond motifs is 1. The maximum atomic E-state index is 13.0. The van der Waals surface area contributed by atoms with Crippen LogP contribution in [0.15, 0.2) is 72.9 Å². The summed E-state index contributed by atoms with van der Waals surface area (Å²) in [5.41, 5.74) is 4.09. The quantitative estimate of drug-likeness (QED) is 0.570. The predicted molar refractivity (Wildman–Crippen MR) is 138 cm³/mol. The number of aromatic nitrogens is 1.